The van der Waals surface area contributed by atoms with E-state index in [4.69, 9.17) is 11.6 Å². The summed E-state index contributed by atoms with van der Waals surface area (Å²) in [5.41, 5.74) is 1.29. The summed E-state index contributed by atoms with van der Waals surface area (Å²) < 4.78 is 0. The van der Waals surface area contributed by atoms with Crippen LogP contribution < -0.4 is 5.32 Å². The Morgan fingerprint density at radius 3 is 2.67 bits per heavy atom. The van der Waals surface area contributed by atoms with E-state index >= 15 is 0 Å². The van der Waals surface area contributed by atoms with E-state index in [0.29, 0.717) is 12.1 Å². The minimum Gasteiger partial charge on any atom is -0.310 e. The highest BCUT2D eigenvalue weighted by Gasteiger charge is 2.16. The van der Waals surface area contributed by atoms with Crippen molar-refractivity contribution in [1.82, 2.24) is 10.2 Å². The smallest absolute Gasteiger partial charge is 0.0409 e. The molecule has 4 heteroatoms. The van der Waals surface area contributed by atoms with E-state index in [1.54, 1.807) is 0 Å². The molecule has 0 fully saturated rings. The Hall–Kier alpha value is -0.220. The molecule has 1 rings (SSSR count). The van der Waals surface area contributed by atoms with Crippen LogP contribution in [0.15, 0.2) is 24.3 Å². The molecule has 21 heavy (non-hydrogen) atoms. The molecule has 2 unspecified atom stereocenters. The van der Waals surface area contributed by atoms with Crippen molar-refractivity contribution in [3.8, 4) is 0 Å². The third kappa shape index (κ3) is 6.60. The SMILES string of the molecule is CCNC(CCN(C)C(CC)CSC)c1cccc(Cl)c1. The van der Waals surface area contributed by atoms with Crippen LogP contribution in [0.4, 0.5) is 0 Å². The molecule has 0 saturated carbocycles. The lowest BCUT2D eigenvalue weighted by atomic mass is 10.0. The molecule has 0 amide bonds. The van der Waals surface area contributed by atoms with Crippen LogP contribution in [0.3, 0.4) is 0 Å². The summed E-state index contributed by atoms with van der Waals surface area (Å²) in [6.07, 6.45) is 4.50. The van der Waals surface area contributed by atoms with Gasteiger partial charge in [0.2, 0.25) is 0 Å². The zero-order valence-electron chi connectivity index (χ0n) is 13.7. The van der Waals surface area contributed by atoms with Crippen LogP contribution in [-0.2, 0) is 0 Å². The highest BCUT2D eigenvalue weighted by atomic mass is 35.5. The van der Waals surface area contributed by atoms with Crippen molar-refractivity contribution in [3.63, 3.8) is 0 Å². The summed E-state index contributed by atoms with van der Waals surface area (Å²) >= 11 is 8.06. The maximum absolute atomic E-state index is 6.12. The van der Waals surface area contributed by atoms with E-state index in [0.717, 1.165) is 24.5 Å². The lowest BCUT2D eigenvalue weighted by Gasteiger charge is -2.29. The van der Waals surface area contributed by atoms with Crippen molar-refractivity contribution in [1.29, 1.82) is 0 Å². The average molecular weight is 329 g/mol. The van der Waals surface area contributed by atoms with Gasteiger partial charge < -0.3 is 10.2 Å². The second-order valence-corrected chi connectivity index (χ2v) is 6.80. The van der Waals surface area contributed by atoms with E-state index in [-0.39, 0.29) is 0 Å². The maximum Gasteiger partial charge on any atom is 0.0409 e. The number of nitrogens with one attached hydrogen (secondary N) is 1. The molecule has 1 aromatic carbocycles. The standard InChI is InChI=1S/C17H29ClN2S/c1-5-16(13-21-4)20(3)11-10-17(19-6-2)14-8-7-9-15(18)12-14/h7-9,12,16-17,19H,5-6,10-11,13H2,1-4H3. The number of hydrogen-bond donors (Lipinski definition) is 1. The van der Waals surface area contributed by atoms with E-state index in [2.05, 4.69) is 49.5 Å². The molecule has 0 spiro atoms. The van der Waals surface area contributed by atoms with Gasteiger partial charge in [0, 0.05) is 22.9 Å². The first-order valence-corrected chi connectivity index (χ1v) is 9.57. The number of hydrogen-bond acceptors (Lipinski definition) is 3. The fraction of sp³-hybridized carbons (Fsp3) is 0.647. The Labute approximate surface area is 139 Å². The third-order valence-corrected chi connectivity index (χ3v) is 4.88. The maximum atomic E-state index is 6.12. The Bertz CT molecular complexity index is 400. The summed E-state index contributed by atoms with van der Waals surface area (Å²) in [5, 5.41) is 4.40. The normalized spacial score (nSPS) is 14.4. The molecule has 0 aromatic heterocycles. The number of benzene rings is 1. The summed E-state index contributed by atoms with van der Waals surface area (Å²) in [5.74, 6) is 1.20. The van der Waals surface area contributed by atoms with Crippen molar-refractivity contribution in [2.75, 3.05) is 32.1 Å². The topological polar surface area (TPSA) is 15.3 Å². The number of rotatable bonds is 10. The molecular formula is C17H29ClN2S. The number of nitrogens with zero attached hydrogens (tertiary/aromatic N) is 1. The summed E-state index contributed by atoms with van der Waals surface area (Å²) in [6.45, 7) is 6.51. The molecule has 0 heterocycles. The van der Waals surface area contributed by atoms with Gasteiger partial charge >= 0.3 is 0 Å². The van der Waals surface area contributed by atoms with Crippen LogP contribution in [0.1, 0.15) is 38.3 Å². The Morgan fingerprint density at radius 1 is 1.33 bits per heavy atom. The van der Waals surface area contributed by atoms with Gasteiger partial charge in [0.15, 0.2) is 0 Å². The van der Waals surface area contributed by atoms with Gasteiger partial charge in [-0.25, -0.2) is 0 Å². The second kappa shape index (κ2) is 10.5. The van der Waals surface area contributed by atoms with Crippen molar-refractivity contribution in [3.05, 3.63) is 34.9 Å². The fourth-order valence-corrected chi connectivity index (χ4v) is 3.69. The molecule has 0 aliphatic carbocycles. The second-order valence-electron chi connectivity index (χ2n) is 5.45. The van der Waals surface area contributed by atoms with Gasteiger partial charge in [-0.2, -0.15) is 11.8 Å². The van der Waals surface area contributed by atoms with Gasteiger partial charge in [0.05, 0.1) is 0 Å². The fourth-order valence-electron chi connectivity index (χ4n) is 2.62. The minimum absolute atomic E-state index is 0.378. The lowest BCUT2D eigenvalue weighted by molar-refractivity contribution is 0.241. The highest BCUT2D eigenvalue weighted by Crippen LogP contribution is 2.21. The van der Waals surface area contributed by atoms with Crippen LogP contribution in [0.2, 0.25) is 5.02 Å². The molecule has 1 N–H and O–H groups in total. The van der Waals surface area contributed by atoms with Gasteiger partial charge in [-0.1, -0.05) is 37.6 Å². The van der Waals surface area contributed by atoms with Crippen LogP contribution in [-0.4, -0.2) is 43.1 Å². The first kappa shape index (κ1) is 18.8. The van der Waals surface area contributed by atoms with Crippen molar-refractivity contribution >= 4 is 23.4 Å². The van der Waals surface area contributed by atoms with E-state index in [1.807, 2.05) is 23.9 Å². The van der Waals surface area contributed by atoms with Gasteiger partial charge in [-0.05, 0) is 56.9 Å². The Kier molecular flexibility index (Phi) is 9.41. The minimum atomic E-state index is 0.378. The monoisotopic (exact) mass is 328 g/mol. The van der Waals surface area contributed by atoms with Crippen LogP contribution >= 0.6 is 23.4 Å². The number of thioether (sulfide) groups is 1. The van der Waals surface area contributed by atoms with Gasteiger partial charge in [-0.3, -0.25) is 0 Å². The van der Waals surface area contributed by atoms with E-state index in [1.165, 1.54) is 17.7 Å². The van der Waals surface area contributed by atoms with Gasteiger partial charge in [-0.15, -0.1) is 0 Å². The number of halogens is 1. The Balaban J connectivity index is 2.62. The molecule has 0 aliphatic heterocycles. The van der Waals surface area contributed by atoms with Crippen molar-refractivity contribution in [2.45, 2.75) is 38.8 Å². The van der Waals surface area contributed by atoms with Crippen LogP contribution in [0.5, 0.6) is 0 Å². The van der Waals surface area contributed by atoms with Crippen LogP contribution in [0, 0.1) is 0 Å². The van der Waals surface area contributed by atoms with E-state index < -0.39 is 0 Å². The molecule has 120 valence electrons. The molecule has 0 aliphatic rings. The third-order valence-electron chi connectivity index (χ3n) is 3.93. The molecule has 2 atom stereocenters. The molecule has 0 radical (unpaired) electrons. The van der Waals surface area contributed by atoms with Crippen LogP contribution in [0.25, 0.3) is 0 Å². The van der Waals surface area contributed by atoms with Gasteiger partial charge in [0.1, 0.15) is 0 Å². The summed E-state index contributed by atoms with van der Waals surface area (Å²) in [4.78, 5) is 2.49. The first-order chi connectivity index (χ1) is 10.1. The zero-order valence-corrected chi connectivity index (χ0v) is 15.3. The highest BCUT2D eigenvalue weighted by molar-refractivity contribution is 7.98. The largest absolute Gasteiger partial charge is 0.310 e. The predicted molar refractivity (Wildman–Crippen MR) is 97.6 cm³/mol. The molecule has 1 aromatic rings. The van der Waals surface area contributed by atoms with Crippen molar-refractivity contribution < 1.29 is 0 Å². The molecule has 0 saturated heterocycles. The summed E-state index contributed by atoms with van der Waals surface area (Å²) in [7, 11) is 2.24. The average Bonchev–Trinajstić information content (AvgIpc) is 2.48. The lowest BCUT2D eigenvalue weighted by Crippen LogP contribution is -2.36. The van der Waals surface area contributed by atoms with Gasteiger partial charge in [0.25, 0.3) is 0 Å². The quantitative estimate of drug-likeness (QED) is 0.683. The Morgan fingerprint density at radius 2 is 2.10 bits per heavy atom. The predicted octanol–water partition coefficient (Wildman–Crippen LogP) is 4.45. The molecule has 0 bridgehead atoms. The zero-order chi connectivity index (χ0) is 15.7. The first-order valence-electron chi connectivity index (χ1n) is 7.80. The van der Waals surface area contributed by atoms with E-state index in [9.17, 15) is 0 Å². The molecule has 2 nitrogen and oxygen atoms in total. The molecular weight excluding hydrogens is 300 g/mol. The summed E-state index contributed by atoms with van der Waals surface area (Å²) in [6, 6.07) is 9.26. The van der Waals surface area contributed by atoms with Crippen molar-refractivity contribution in [2.24, 2.45) is 0 Å².